The Kier molecular flexibility index (Phi) is 6.50. The third-order valence-corrected chi connectivity index (χ3v) is 6.48. The normalized spacial score (nSPS) is 11.2. The molecule has 0 spiro atoms. The Morgan fingerprint density at radius 3 is 2.34 bits per heavy atom. The van der Waals surface area contributed by atoms with Crippen LogP contribution in [0.2, 0.25) is 0 Å². The van der Waals surface area contributed by atoms with E-state index in [0.717, 1.165) is 15.7 Å². The number of nitrogens with zero attached hydrogens (tertiary/aromatic N) is 4. The van der Waals surface area contributed by atoms with E-state index in [1.165, 1.54) is 39.7 Å². The van der Waals surface area contributed by atoms with Crippen LogP contribution in [0.3, 0.4) is 0 Å². The Bertz CT molecular complexity index is 1780. The number of ether oxygens (including phenoxy) is 1. The number of carbonyl (C=O) groups is 1. The molecule has 2 heterocycles. The van der Waals surface area contributed by atoms with E-state index in [4.69, 9.17) is 4.74 Å². The molecule has 2 aromatic heterocycles. The topological polar surface area (TPSA) is 88.1 Å². The zero-order valence-electron chi connectivity index (χ0n) is 21.1. The van der Waals surface area contributed by atoms with Gasteiger partial charge in [0, 0.05) is 5.56 Å². The van der Waals surface area contributed by atoms with E-state index in [9.17, 15) is 18.8 Å². The summed E-state index contributed by atoms with van der Waals surface area (Å²) >= 11 is 0. The Morgan fingerprint density at radius 1 is 0.974 bits per heavy atom. The molecule has 0 bridgehead atoms. The van der Waals surface area contributed by atoms with Gasteiger partial charge >= 0.3 is 5.69 Å². The van der Waals surface area contributed by atoms with E-state index in [2.05, 4.69) is 4.98 Å². The molecule has 0 aliphatic heterocycles. The van der Waals surface area contributed by atoms with Gasteiger partial charge in [-0.2, -0.15) is 0 Å². The Labute approximate surface area is 217 Å². The lowest BCUT2D eigenvalue weighted by Crippen LogP contribution is -2.40. The monoisotopic (exact) mass is 512 g/mol. The number of hydrogen-bond donors (Lipinski definition) is 0. The Hall–Kier alpha value is -4.79. The van der Waals surface area contributed by atoms with Crippen LogP contribution >= 0.6 is 0 Å². The van der Waals surface area contributed by atoms with Gasteiger partial charge in [-0.1, -0.05) is 35.9 Å². The fourth-order valence-electron chi connectivity index (χ4n) is 4.54. The first-order valence-electron chi connectivity index (χ1n) is 12.0. The Balaban J connectivity index is 1.68. The van der Waals surface area contributed by atoms with Crippen molar-refractivity contribution in [3.05, 3.63) is 122 Å². The first kappa shape index (κ1) is 24.9. The predicted molar refractivity (Wildman–Crippen MR) is 142 cm³/mol. The first-order valence-corrected chi connectivity index (χ1v) is 12.0. The third kappa shape index (κ3) is 4.54. The number of fused-ring (bicyclic) bond motifs is 1. The molecule has 5 rings (SSSR count). The molecule has 0 aliphatic carbocycles. The lowest BCUT2D eigenvalue weighted by atomic mass is 10.0. The van der Waals surface area contributed by atoms with Crippen molar-refractivity contribution in [2.75, 3.05) is 7.11 Å². The maximum absolute atomic E-state index is 13.7. The SMILES string of the molecule is COc1ccc(Cn2c(=O)c3c(ncn3CC(=O)c3ccc(C)cc3C)n(-c3ccc(F)cc3)c2=O)cc1. The summed E-state index contributed by atoms with van der Waals surface area (Å²) in [6, 6.07) is 17.9. The van der Waals surface area contributed by atoms with E-state index in [1.807, 2.05) is 26.0 Å². The molecule has 0 saturated carbocycles. The number of ketones is 1. The zero-order chi connectivity index (χ0) is 27.0. The molecule has 0 unspecified atom stereocenters. The molecule has 192 valence electrons. The average molecular weight is 513 g/mol. The van der Waals surface area contributed by atoms with Crippen molar-refractivity contribution >= 4 is 16.9 Å². The summed E-state index contributed by atoms with van der Waals surface area (Å²) in [5.74, 6) is -0.0140. The molecule has 0 radical (unpaired) electrons. The second-order valence-electron chi connectivity index (χ2n) is 9.12. The molecule has 38 heavy (non-hydrogen) atoms. The van der Waals surface area contributed by atoms with Gasteiger partial charge in [-0.05, 0) is 61.4 Å². The third-order valence-electron chi connectivity index (χ3n) is 6.48. The van der Waals surface area contributed by atoms with Gasteiger partial charge in [0.15, 0.2) is 16.9 Å². The number of aryl methyl sites for hydroxylation is 2. The number of methoxy groups -OCH3 is 1. The summed E-state index contributed by atoms with van der Waals surface area (Å²) in [7, 11) is 1.55. The summed E-state index contributed by atoms with van der Waals surface area (Å²) in [4.78, 5) is 44.9. The van der Waals surface area contributed by atoms with Gasteiger partial charge in [0.05, 0.1) is 32.2 Å². The van der Waals surface area contributed by atoms with Crippen LogP contribution < -0.4 is 16.0 Å². The van der Waals surface area contributed by atoms with Crippen LogP contribution in [0.15, 0.2) is 82.6 Å². The van der Waals surface area contributed by atoms with E-state index in [0.29, 0.717) is 22.6 Å². The van der Waals surface area contributed by atoms with Crippen LogP contribution in [0.25, 0.3) is 16.9 Å². The highest BCUT2D eigenvalue weighted by atomic mass is 19.1. The lowest BCUT2D eigenvalue weighted by molar-refractivity contribution is 0.0972. The molecule has 8 nitrogen and oxygen atoms in total. The maximum atomic E-state index is 13.7. The minimum absolute atomic E-state index is 0.0189. The minimum atomic E-state index is -0.629. The van der Waals surface area contributed by atoms with E-state index < -0.39 is 17.1 Å². The zero-order valence-corrected chi connectivity index (χ0v) is 21.1. The maximum Gasteiger partial charge on any atom is 0.337 e. The number of halogens is 1. The molecular weight excluding hydrogens is 487 g/mol. The van der Waals surface area contributed by atoms with Crippen LogP contribution in [0.1, 0.15) is 27.0 Å². The molecule has 9 heteroatoms. The number of carbonyl (C=O) groups excluding carboxylic acids is 1. The van der Waals surface area contributed by atoms with Gasteiger partial charge in [0.25, 0.3) is 5.56 Å². The molecule has 0 saturated heterocycles. The largest absolute Gasteiger partial charge is 0.497 e. The smallest absolute Gasteiger partial charge is 0.337 e. The standard InChI is InChI=1S/C29H25FN4O4/c1-18-4-13-24(19(2)14-18)25(35)16-32-17-31-27-26(32)28(36)33(15-20-5-11-23(38-3)12-6-20)29(37)34(27)22-9-7-21(30)8-10-22/h4-14,17H,15-16H2,1-3H3. The summed E-state index contributed by atoms with van der Waals surface area (Å²) in [5.41, 5.74) is 2.44. The molecule has 0 atom stereocenters. The summed E-state index contributed by atoms with van der Waals surface area (Å²) in [6.07, 6.45) is 1.38. The van der Waals surface area contributed by atoms with Gasteiger partial charge in [-0.25, -0.2) is 18.7 Å². The second kappa shape index (κ2) is 9.93. The van der Waals surface area contributed by atoms with Crippen molar-refractivity contribution < 1.29 is 13.9 Å². The molecule has 5 aromatic rings. The van der Waals surface area contributed by atoms with E-state index in [-0.39, 0.29) is 30.0 Å². The summed E-state index contributed by atoms with van der Waals surface area (Å²) in [6.45, 7) is 3.65. The van der Waals surface area contributed by atoms with Gasteiger partial charge < -0.3 is 9.30 Å². The van der Waals surface area contributed by atoms with Crippen molar-refractivity contribution in [3.63, 3.8) is 0 Å². The van der Waals surface area contributed by atoms with Gasteiger partial charge in [-0.3, -0.25) is 14.2 Å². The van der Waals surface area contributed by atoms with Crippen molar-refractivity contribution in [3.8, 4) is 11.4 Å². The quantitative estimate of drug-likeness (QED) is 0.307. The number of aromatic nitrogens is 4. The number of rotatable bonds is 7. The van der Waals surface area contributed by atoms with Crippen LogP contribution in [0.4, 0.5) is 4.39 Å². The summed E-state index contributed by atoms with van der Waals surface area (Å²) < 4.78 is 22.7. The van der Waals surface area contributed by atoms with E-state index in [1.54, 1.807) is 37.4 Å². The average Bonchev–Trinajstić information content (AvgIpc) is 3.31. The molecule has 0 amide bonds. The second-order valence-corrected chi connectivity index (χ2v) is 9.12. The molecule has 0 N–H and O–H groups in total. The number of benzene rings is 3. The highest BCUT2D eigenvalue weighted by Gasteiger charge is 2.21. The number of hydrogen-bond acceptors (Lipinski definition) is 5. The van der Waals surface area contributed by atoms with Crippen LogP contribution in [0.5, 0.6) is 5.75 Å². The fraction of sp³-hybridized carbons (Fsp3) is 0.172. The van der Waals surface area contributed by atoms with Crippen molar-refractivity contribution in [1.29, 1.82) is 0 Å². The van der Waals surface area contributed by atoms with Gasteiger partial charge in [-0.15, -0.1) is 0 Å². The van der Waals surface area contributed by atoms with Crippen molar-refractivity contribution in [1.82, 2.24) is 18.7 Å². The van der Waals surface area contributed by atoms with Crippen molar-refractivity contribution in [2.45, 2.75) is 26.9 Å². The number of imidazole rings is 1. The van der Waals surface area contributed by atoms with Crippen LogP contribution in [-0.4, -0.2) is 31.6 Å². The molecule has 3 aromatic carbocycles. The van der Waals surface area contributed by atoms with Gasteiger partial charge in [0.2, 0.25) is 0 Å². The predicted octanol–water partition coefficient (Wildman–Crippen LogP) is 4.04. The Morgan fingerprint density at radius 2 is 1.68 bits per heavy atom. The number of Topliss-reactive ketones (excluding diaryl/α,β-unsaturated/α-hetero) is 1. The summed E-state index contributed by atoms with van der Waals surface area (Å²) in [5, 5.41) is 0. The molecule has 0 fully saturated rings. The van der Waals surface area contributed by atoms with Gasteiger partial charge in [0.1, 0.15) is 11.6 Å². The highest BCUT2D eigenvalue weighted by molar-refractivity contribution is 5.98. The van der Waals surface area contributed by atoms with E-state index >= 15 is 0 Å². The first-order chi connectivity index (χ1) is 18.3. The minimum Gasteiger partial charge on any atom is -0.497 e. The van der Waals surface area contributed by atoms with Crippen molar-refractivity contribution in [2.24, 2.45) is 0 Å². The molecular formula is C29H25FN4O4. The molecule has 0 aliphatic rings. The highest BCUT2D eigenvalue weighted by Crippen LogP contribution is 2.17. The fourth-order valence-corrected chi connectivity index (χ4v) is 4.54. The van der Waals surface area contributed by atoms with Crippen LogP contribution in [-0.2, 0) is 13.1 Å². The van der Waals surface area contributed by atoms with Crippen LogP contribution in [0, 0.1) is 19.7 Å². The lowest BCUT2D eigenvalue weighted by Gasteiger charge is -2.13.